The lowest BCUT2D eigenvalue weighted by atomic mass is 10.3. The zero-order valence-corrected chi connectivity index (χ0v) is 7.59. The number of aliphatic hydroxyl groups is 1. The lowest BCUT2D eigenvalue weighted by Gasteiger charge is -2.09. The van der Waals surface area contributed by atoms with Gasteiger partial charge in [-0.25, -0.2) is 0 Å². The summed E-state index contributed by atoms with van der Waals surface area (Å²) in [5.74, 6) is -0.411. The highest BCUT2D eigenvalue weighted by atomic mass is 16.5. The van der Waals surface area contributed by atoms with E-state index in [1.54, 1.807) is 24.3 Å². The third-order valence-electron chi connectivity index (χ3n) is 1.60. The molecule has 0 spiro atoms. The zero-order valence-electron chi connectivity index (χ0n) is 7.59. The van der Waals surface area contributed by atoms with Crippen LogP contribution in [0.4, 0.5) is 0 Å². The molecule has 1 aromatic carbocycles. The average molecular weight is 196 g/mol. The zero-order chi connectivity index (χ0) is 10.4. The Hall–Kier alpha value is -1.55. The highest BCUT2D eigenvalue weighted by Crippen LogP contribution is 2.08. The van der Waals surface area contributed by atoms with Crippen LogP contribution in [-0.4, -0.2) is 28.9 Å². The van der Waals surface area contributed by atoms with Gasteiger partial charge in [0.15, 0.2) is 0 Å². The number of carboxylic acid groups (broad SMARTS) is 1. The van der Waals surface area contributed by atoms with Crippen molar-refractivity contribution in [2.24, 2.45) is 0 Å². The van der Waals surface area contributed by atoms with Crippen molar-refractivity contribution in [3.8, 4) is 5.75 Å². The number of hydrogen-bond acceptors (Lipinski definition) is 3. The molecule has 0 saturated carbocycles. The summed E-state index contributed by atoms with van der Waals surface area (Å²) in [4.78, 5) is 10.2. The van der Waals surface area contributed by atoms with Crippen LogP contribution in [0.2, 0.25) is 0 Å². The van der Waals surface area contributed by atoms with Crippen molar-refractivity contribution >= 4 is 5.97 Å². The van der Waals surface area contributed by atoms with Crippen LogP contribution in [0.15, 0.2) is 30.3 Å². The maximum absolute atomic E-state index is 10.2. The molecule has 1 atom stereocenters. The Kier molecular flexibility index (Phi) is 3.94. The third kappa shape index (κ3) is 3.91. The van der Waals surface area contributed by atoms with Gasteiger partial charge in [-0.05, 0) is 12.1 Å². The lowest BCUT2D eigenvalue weighted by molar-refractivity contribution is -0.139. The van der Waals surface area contributed by atoms with E-state index in [4.69, 9.17) is 9.84 Å². The van der Waals surface area contributed by atoms with E-state index in [-0.39, 0.29) is 13.0 Å². The van der Waals surface area contributed by atoms with Crippen LogP contribution in [0.5, 0.6) is 5.75 Å². The van der Waals surface area contributed by atoms with Gasteiger partial charge in [-0.15, -0.1) is 0 Å². The standard InChI is InChI=1S/C10H12O4/c11-8(6-10(12)13)7-14-9-4-2-1-3-5-9/h1-5,8,11H,6-7H2,(H,12,13)/t8-/m0/s1. The van der Waals surface area contributed by atoms with Crippen LogP contribution in [0, 0.1) is 0 Å². The van der Waals surface area contributed by atoms with E-state index < -0.39 is 12.1 Å². The molecule has 0 saturated heterocycles. The van der Waals surface area contributed by atoms with Gasteiger partial charge in [0.1, 0.15) is 12.4 Å². The van der Waals surface area contributed by atoms with Crippen LogP contribution in [0.25, 0.3) is 0 Å². The van der Waals surface area contributed by atoms with E-state index in [0.717, 1.165) is 0 Å². The maximum Gasteiger partial charge on any atom is 0.306 e. The Morgan fingerprint density at radius 3 is 2.57 bits per heavy atom. The van der Waals surface area contributed by atoms with Gasteiger partial charge < -0.3 is 14.9 Å². The van der Waals surface area contributed by atoms with E-state index in [1.807, 2.05) is 6.07 Å². The van der Waals surface area contributed by atoms with Crippen LogP contribution < -0.4 is 4.74 Å². The Balaban J connectivity index is 2.30. The molecule has 14 heavy (non-hydrogen) atoms. The van der Waals surface area contributed by atoms with Crippen LogP contribution in [-0.2, 0) is 4.79 Å². The molecule has 2 N–H and O–H groups in total. The number of para-hydroxylation sites is 1. The van der Waals surface area contributed by atoms with Gasteiger partial charge in [0.2, 0.25) is 0 Å². The molecule has 0 unspecified atom stereocenters. The molecule has 1 rings (SSSR count). The molecule has 4 nitrogen and oxygen atoms in total. The van der Waals surface area contributed by atoms with Gasteiger partial charge >= 0.3 is 5.97 Å². The maximum atomic E-state index is 10.2. The summed E-state index contributed by atoms with van der Waals surface area (Å²) in [5, 5.41) is 17.5. The number of rotatable bonds is 5. The Morgan fingerprint density at radius 2 is 2.00 bits per heavy atom. The number of aliphatic carboxylic acids is 1. The van der Waals surface area contributed by atoms with E-state index in [9.17, 15) is 9.90 Å². The number of carbonyl (C=O) groups is 1. The fourth-order valence-corrected chi connectivity index (χ4v) is 0.970. The molecule has 0 aliphatic carbocycles. The molecule has 0 aliphatic rings. The number of carboxylic acids is 1. The first-order chi connectivity index (χ1) is 6.68. The molecular weight excluding hydrogens is 184 g/mol. The smallest absolute Gasteiger partial charge is 0.306 e. The Labute approximate surface area is 81.8 Å². The lowest BCUT2D eigenvalue weighted by Crippen LogP contribution is -2.21. The molecule has 1 aromatic rings. The predicted molar refractivity (Wildman–Crippen MR) is 50.2 cm³/mol. The van der Waals surface area contributed by atoms with Crippen molar-refractivity contribution in [2.75, 3.05) is 6.61 Å². The molecular formula is C10H12O4. The summed E-state index contributed by atoms with van der Waals surface area (Å²) in [6.07, 6.45) is -1.26. The number of aliphatic hydroxyl groups excluding tert-OH is 1. The summed E-state index contributed by atoms with van der Waals surface area (Å²) in [7, 11) is 0. The normalized spacial score (nSPS) is 12.1. The molecule has 0 fully saturated rings. The summed E-state index contributed by atoms with van der Waals surface area (Å²) >= 11 is 0. The van der Waals surface area contributed by atoms with E-state index >= 15 is 0 Å². The van der Waals surface area contributed by atoms with Gasteiger partial charge in [-0.3, -0.25) is 4.79 Å². The first kappa shape index (κ1) is 10.5. The van der Waals surface area contributed by atoms with E-state index in [1.165, 1.54) is 0 Å². The van der Waals surface area contributed by atoms with Crippen molar-refractivity contribution in [1.29, 1.82) is 0 Å². The minimum Gasteiger partial charge on any atom is -0.491 e. The first-order valence-electron chi connectivity index (χ1n) is 4.26. The highest BCUT2D eigenvalue weighted by Gasteiger charge is 2.09. The first-order valence-corrected chi connectivity index (χ1v) is 4.26. The molecule has 0 heterocycles. The van der Waals surface area contributed by atoms with E-state index in [2.05, 4.69) is 0 Å². The summed E-state index contributed by atoms with van der Waals surface area (Å²) in [6.45, 7) is -0.00366. The molecule has 0 amide bonds. The summed E-state index contributed by atoms with van der Waals surface area (Å²) < 4.78 is 5.16. The van der Waals surface area contributed by atoms with Gasteiger partial charge in [-0.1, -0.05) is 18.2 Å². The summed E-state index contributed by atoms with van der Waals surface area (Å²) in [5.41, 5.74) is 0. The largest absolute Gasteiger partial charge is 0.491 e. The van der Waals surface area contributed by atoms with Crippen molar-refractivity contribution in [3.63, 3.8) is 0 Å². The second-order valence-corrected chi connectivity index (χ2v) is 2.88. The van der Waals surface area contributed by atoms with Crippen molar-refractivity contribution in [2.45, 2.75) is 12.5 Å². The SMILES string of the molecule is O=C(O)C[C@H](O)COc1ccccc1. The quantitative estimate of drug-likeness (QED) is 0.734. The van der Waals surface area contributed by atoms with Crippen molar-refractivity contribution < 1.29 is 19.7 Å². The third-order valence-corrected chi connectivity index (χ3v) is 1.60. The minimum absolute atomic E-state index is 0.00366. The van der Waals surface area contributed by atoms with Gasteiger partial charge in [0.05, 0.1) is 12.5 Å². The number of ether oxygens (including phenoxy) is 1. The van der Waals surface area contributed by atoms with Crippen molar-refractivity contribution in [1.82, 2.24) is 0 Å². The molecule has 76 valence electrons. The number of benzene rings is 1. The second-order valence-electron chi connectivity index (χ2n) is 2.88. The topological polar surface area (TPSA) is 66.8 Å². The Morgan fingerprint density at radius 1 is 1.36 bits per heavy atom. The molecule has 4 heteroatoms. The molecule has 0 aliphatic heterocycles. The van der Waals surface area contributed by atoms with Crippen LogP contribution in [0.1, 0.15) is 6.42 Å². The highest BCUT2D eigenvalue weighted by molar-refractivity contribution is 5.67. The van der Waals surface area contributed by atoms with Gasteiger partial charge in [-0.2, -0.15) is 0 Å². The molecule has 0 bridgehead atoms. The fraction of sp³-hybridized carbons (Fsp3) is 0.300. The molecule has 0 radical (unpaired) electrons. The van der Waals surface area contributed by atoms with Gasteiger partial charge in [0.25, 0.3) is 0 Å². The average Bonchev–Trinajstić information content (AvgIpc) is 2.15. The molecule has 0 aromatic heterocycles. The fourth-order valence-electron chi connectivity index (χ4n) is 0.970. The second kappa shape index (κ2) is 5.24. The van der Waals surface area contributed by atoms with Crippen LogP contribution >= 0.6 is 0 Å². The van der Waals surface area contributed by atoms with Crippen molar-refractivity contribution in [3.05, 3.63) is 30.3 Å². The summed E-state index contributed by atoms with van der Waals surface area (Å²) in [6, 6.07) is 8.94. The van der Waals surface area contributed by atoms with Crippen LogP contribution in [0.3, 0.4) is 0 Å². The monoisotopic (exact) mass is 196 g/mol. The van der Waals surface area contributed by atoms with E-state index in [0.29, 0.717) is 5.75 Å². The van der Waals surface area contributed by atoms with Gasteiger partial charge in [0, 0.05) is 0 Å². The Bertz CT molecular complexity index is 283. The predicted octanol–water partition coefficient (Wildman–Crippen LogP) is 0.901. The minimum atomic E-state index is -1.03. The number of hydrogen-bond donors (Lipinski definition) is 2.